The molecule has 1 aromatic rings. The average Bonchev–Trinajstić information content (AvgIpc) is 2.50. The molecule has 15 heavy (non-hydrogen) atoms. The highest BCUT2D eigenvalue weighted by atomic mass is 32.2. The molecule has 0 saturated heterocycles. The van der Waals surface area contributed by atoms with E-state index in [0.29, 0.717) is 0 Å². The van der Waals surface area contributed by atoms with E-state index in [-0.39, 0.29) is 0 Å². The Morgan fingerprint density at radius 2 is 2.33 bits per heavy atom. The van der Waals surface area contributed by atoms with Gasteiger partial charge in [-0.25, -0.2) is 13.1 Å². The van der Waals surface area contributed by atoms with E-state index in [4.69, 9.17) is 5.11 Å². The van der Waals surface area contributed by atoms with Crippen LogP contribution in [0.3, 0.4) is 0 Å². The first-order valence-corrected chi connectivity index (χ1v) is 6.69. The summed E-state index contributed by atoms with van der Waals surface area (Å²) in [5, 5.41) is 10.2. The topological polar surface area (TPSA) is 83.5 Å². The molecule has 1 rings (SSSR count). The molecule has 0 aliphatic rings. The third kappa shape index (κ3) is 3.98. The van der Waals surface area contributed by atoms with E-state index in [1.165, 1.54) is 11.3 Å². The highest BCUT2D eigenvalue weighted by Gasteiger charge is 2.19. The molecule has 2 N–H and O–H groups in total. The van der Waals surface area contributed by atoms with Crippen LogP contribution in [0.4, 0.5) is 0 Å². The summed E-state index contributed by atoms with van der Waals surface area (Å²) in [5.74, 6) is -2.26. The monoisotopic (exact) mass is 249 g/mol. The number of carboxylic acids is 1. The summed E-state index contributed by atoms with van der Waals surface area (Å²) in [5.41, 5.74) is 0. The molecule has 0 fully saturated rings. The molecule has 0 bridgehead atoms. The summed E-state index contributed by atoms with van der Waals surface area (Å²) in [4.78, 5) is 11.1. The van der Waals surface area contributed by atoms with E-state index in [9.17, 15) is 13.2 Å². The number of carbonyl (C=O) groups is 1. The Hall–Kier alpha value is -0.920. The number of hydrogen-bond acceptors (Lipinski definition) is 4. The van der Waals surface area contributed by atoms with Crippen LogP contribution in [0.25, 0.3) is 0 Å². The highest BCUT2D eigenvalue weighted by Crippen LogP contribution is 2.18. The van der Waals surface area contributed by atoms with Crippen molar-refractivity contribution < 1.29 is 18.3 Å². The van der Waals surface area contributed by atoms with Gasteiger partial charge in [0.05, 0.1) is 6.04 Å². The van der Waals surface area contributed by atoms with Gasteiger partial charge in [0.25, 0.3) is 0 Å². The molecule has 0 aliphatic carbocycles. The molecule has 0 amide bonds. The summed E-state index contributed by atoms with van der Waals surface area (Å²) in [6.07, 6.45) is 0. The molecule has 1 unspecified atom stereocenters. The lowest BCUT2D eigenvalue weighted by Crippen LogP contribution is -2.31. The molecule has 0 aliphatic heterocycles. The molecule has 1 atom stereocenters. The Bertz CT molecular complexity index is 424. The van der Waals surface area contributed by atoms with Crippen molar-refractivity contribution in [3.05, 3.63) is 22.4 Å². The van der Waals surface area contributed by atoms with Gasteiger partial charge in [0.1, 0.15) is 0 Å². The normalized spacial score (nSPS) is 13.7. The van der Waals surface area contributed by atoms with Gasteiger partial charge in [-0.15, -0.1) is 11.3 Å². The van der Waals surface area contributed by atoms with E-state index in [2.05, 4.69) is 4.72 Å². The summed E-state index contributed by atoms with van der Waals surface area (Å²) < 4.78 is 24.8. The Balaban J connectivity index is 2.66. The van der Waals surface area contributed by atoms with Crippen LogP contribution < -0.4 is 4.72 Å². The van der Waals surface area contributed by atoms with Crippen molar-refractivity contribution in [3.63, 3.8) is 0 Å². The maximum atomic E-state index is 11.3. The Labute approximate surface area is 91.8 Å². The molecule has 0 spiro atoms. The summed E-state index contributed by atoms with van der Waals surface area (Å²) in [7, 11) is -3.75. The first kappa shape index (κ1) is 12.2. The van der Waals surface area contributed by atoms with Gasteiger partial charge in [-0.05, 0) is 18.4 Å². The van der Waals surface area contributed by atoms with Gasteiger partial charge >= 0.3 is 5.97 Å². The molecular weight excluding hydrogens is 238 g/mol. The molecule has 1 aromatic heterocycles. The number of thiophene rings is 1. The molecule has 5 nitrogen and oxygen atoms in total. The van der Waals surface area contributed by atoms with E-state index >= 15 is 0 Å². The minimum absolute atomic E-state index is 0.394. The quantitative estimate of drug-likeness (QED) is 0.809. The zero-order valence-electron chi connectivity index (χ0n) is 8.00. The molecule has 0 saturated carbocycles. The second kappa shape index (κ2) is 4.73. The Morgan fingerprint density at radius 3 is 2.80 bits per heavy atom. The third-order valence-electron chi connectivity index (χ3n) is 1.64. The lowest BCUT2D eigenvalue weighted by atomic mass is 10.3. The van der Waals surface area contributed by atoms with Gasteiger partial charge in [0.2, 0.25) is 10.0 Å². The lowest BCUT2D eigenvalue weighted by molar-refractivity contribution is -0.134. The largest absolute Gasteiger partial charge is 0.480 e. The van der Waals surface area contributed by atoms with Crippen LogP contribution in [0.2, 0.25) is 0 Å². The predicted molar refractivity (Wildman–Crippen MR) is 57.3 cm³/mol. The first-order chi connectivity index (χ1) is 6.91. The molecule has 84 valence electrons. The Morgan fingerprint density at radius 1 is 1.67 bits per heavy atom. The zero-order chi connectivity index (χ0) is 11.5. The number of sulfonamides is 1. The smallest absolute Gasteiger partial charge is 0.320 e. The van der Waals surface area contributed by atoms with Gasteiger partial charge in [0, 0.05) is 4.88 Å². The van der Waals surface area contributed by atoms with Crippen molar-refractivity contribution in [1.29, 1.82) is 0 Å². The van der Waals surface area contributed by atoms with Gasteiger partial charge in [0.15, 0.2) is 5.75 Å². The van der Waals surface area contributed by atoms with E-state index in [1.807, 2.05) is 11.4 Å². The summed E-state index contributed by atoms with van der Waals surface area (Å²) in [6.45, 7) is 1.67. The minimum atomic E-state index is -3.75. The predicted octanol–water partition coefficient (Wildman–Crippen LogP) is 0.813. The van der Waals surface area contributed by atoms with Gasteiger partial charge < -0.3 is 5.11 Å². The molecule has 1 heterocycles. The standard InChI is InChI=1S/C8H11NO4S2/c1-6(7-3-2-4-14-7)9-15(12,13)5-8(10)11/h2-4,6,9H,5H2,1H3,(H,10,11). The number of aliphatic carboxylic acids is 1. The van der Waals surface area contributed by atoms with Crippen molar-refractivity contribution in [1.82, 2.24) is 4.72 Å². The van der Waals surface area contributed by atoms with Crippen LogP contribution in [0.5, 0.6) is 0 Å². The van der Waals surface area contributed by atoms with Gasteiger partial charge in [-0.1, -0.05) is 6.07 Å². The molecule has 7 heteroatoms. The van der Waals surface area contributed by atoms with Gasteiger partial charge in [-0.3, -0.25) is 4.79 Å². The fourth-order valence-corrected chi connectivity index (χ4v) is 2.95. The lowest BCUT2D eigenvalue weighted by Gasteiger charge is -2.10. The molecule has 0 aromatic carbocycles. The summed E-state index contributed by atoms with van der Waals surface area (Å²) >= 11 is 1.42. The van der Waals surface area contributed by atoms with Crippen LogP contribution in [0.1, 0.15) is 17.8 Å². The second-order valence-corrected chi connectivity index (χ2v) is 5.74. The van der Waals surface area contributed by atoms with Crippen LogP contribution in [-0.2, 0) is 14.8 Å². The fraction of sp³-hybridized carbons (Fsp3) is 0.375. The van der Waals surface area contributed by atoms with E-state index < -0.39 is 27.8 Å². The first-order valence-electron chi connectivity index (χ1n) is 4.16. The third-order valence-corrected chi connectivity index (χ3v) is 4.03. The van der Waals surface area contributed by atoms with E-state index in [0.717, 1.165) is 4.88 Å². The maximum absolute atomic E-state index is 11.3. The summed E-state index contributed by atoms with van der Waals surface area (Å²) in [6, 6.07) is 3.20. The van der Waals surface area contributed by atoms with Crippen molar-refractivity contribution in [2.24, 2.45) is 0 Å². The van der Waals surface area contributed by atoms with Crippen molar-refractivity contribution in [2.45, 2.75) is 13.0 Å². The van der Waals surface area contributed by atoms with Crippen LogP contribution in [-0.4, -0.2) is 25.2 Å². The Kier molecular flexibility index (Phi) is 3.83. The van der Waals surface area contributed by atoms with Gasteiger partial charge in [-0.2, -0.15) is 0 Å². The number of nitrogens with one attached hydrogen (secondary N) is 1. The fourth-order valence-electron chi connectivity index (χ4n) is 1.07. The number of carboxylic acid groups (broad SMARTS) is 1. The van der Waals surface area contributed by atoms with Crippen LogP contribution >= 0.6 is 11.3 Å². The second-order valence-electron chi connectivity index (χ2n) is 3.01. The van der Waals surface area contributed by atoms with Crippen molar-refractivity contribution >= 4 is 27.3 Å². The highest BCUT2D eigenvalue weighted by molar-refractivity contribution is 7.90. The molecular formula is C8H11NO4S2. The minimum Gasteiger partial charge on any atom is -0.480 e. The maximum Gasteiger partial charge on any atom is 0.320 e. The molecule has 0 radical (unpaired) electrons. The van der Waals surface area contributed by atoms with Crippen molar-refractivity contribution in [3.8, 4) is 0 Å². The van der Waals surface area contributed by atoms with Crippen molar-refractivity contribution in [2.75, 3.05) is 5.75 Å². The number of hydrogen-bond donors (Lipinski definition) is 2. The zero-order valence-corrected chi connectivity index (χ0v) is 9.64. The number of rotatable bonds is 5. The van der Waals surface area contributed by atoms with Crippen LogP contribution in [0.15, 0.2) is 17.5 Å². The van der Waals surface area contributed by atoms with Crippen LogP contribution in [0, 0.1) is 0 Å². The van der Waals surface area contributed by atoms with E-state index in [1.54, 1.807) is 13.0 Å². The SMILES string of the molecule is CC(NS(=O)(=O)CC(=O)O)c1cccs1. The average molecular weight is 249 g/mol.